The quantitative estimate of drug-likeness (QED) is 0.0724. The zero-order valence-corrected chi connectivity index (χ0v) is 44.7. The van der Waals surface area contributed by atoms with Gasteiger partial charge in [0.1, 0.15) is 17.7 Å². The van der Waals surface area contributed by atoms with Gasteiger partial charge in [-0.3, -0.25) is 14.3 Å². The molecule has 6 aromatic rings. The van der Waals surface area contributed by atoms with Gasteiger partial charge in [-0.15, -0.1) is 21.5 Å². The Morgan fingerprint density at radius 1 is 0.851 bits per heavy atom. The lowest BCUT2D eigenvalue weighted by Gasteiger charge is -2.39. The van der Waals surface area contributed by atoms with Crippen molar-refractivity contribution < 1.29 is 24.3 Å². The first-order valence-electron chi connectivity index (χ1n) is 27.0. The van der Waals surface area contributed by atoms with E-state index in [2.05, 4.69) is 64.2 Å². The summed E-state index contributed by atoms with van der Waals surface area (Å²) >= 11 is 1.60. The fourth-order valence-corrected chi connectivity index (χ4v) is 12.7. The summed E-state index contributed by atoms with van der Waals surface area (Å²) in [6.45, 7) is 20.6. The molecule has 4 saturated heterocycles. The number of likely N-dealkylation sites (tertiary alicyclic amines) is 3. The highest BCUT2D eigenvalue weighted by Gasteiger charge is 2.44. The largest absolute Gasteiger partial charge is 0.507 e. The van der Waals surface area contributed by atoms with Crippen LogP contribution >= 0.6 is 11.3 Å². The minimum absolute atomic E-state index is 0.0915. The first-order chi connectivity index (χ1) is 35.8. The molecule has 0 saturated carbocycles. The Bertz CT molecular complexity index is 2860. The number of aliphatic hydroxyl groups is 1. The Morgan fingerprint density at radius 2 is 1.53 bits per heavy atom. The van der Waals surface area contributed by atoms with Crippen LogP contribution in [0.5, 0.6) is 5.75 Å². The van der Waals surface area contributed by atoms with Gasteiger partial charge < -0.3 is 45.0 Å². The van der Waals surface area contributed by atoms with Crippen LogP contribution in [0, 0.1) is 24.7 Å². The lowest BCUT2D eigenvalue weighted by Crippen LogP contribution is -2.48. The van der Waals surface area contributed by atoms with E-state index >= 15 is 0 Å². The number of hydrogen-bond donors (Lipinski definition) is 4. The van der Waals surface area contributed by atoms with Crippen molar-refractivity contribution in [1.29, 1.82) is 0 Å². The molecule has 4 fully saturated rings. The highest BCUT2D eigenvalue weighted by Crippen LogP contribution is 2.37. The summed E-state index contributed by atoms with van der Waals surface area (Å²) in [5, 5.41) is 46.6. The minimum Gasteiger partial charge on any atom is -0.507 e. The Balaban J connectivity index is 0.675. The number of fused-ring (bicyclic) bond motifs is 1. The molecule has 2 aromatic carbocycles. The van der Waals surface area contributed by atoms with Gasteiger partial charge in [0, 0.05) is 69.9 Å². The van der Waals surface area contributed by atoms with Gasteiger partial charge in [-0.2, -0.15) is 5.10 Å². The highest BCUT2D eigenvalue weighted by atomic mass is 32.1. The number of benzene rings is 2. The van der Waals surface area contributed by atoms with Gasteiger partial charge in [0.25, 0.3) is 0 Å². The summed E-state index contributed by atoms with van der Waals surface area (Å²) in [4.78, 5) is 42.9. The van der Waals surface area contributed by atoms with Crippen molar-refractivity contribution in [2.75, 3.05) is 69.1 Å². The number of aryl methyl sites for hydroxylation is 1. The topological polar surface area (TPSA) is 194 Å². The number of aromatic hydroxyl groups is 1. The van der Waals surface area contributed by atoms with E-state index in [0.717, 1.165) is 122 Å². The smallest absolute Gasteiger partial charge is 0.243 e. The van der Waals surface area contributed by atoms with Crippen LogP contribution in [0.3, 0.4) is 0 Å². The van der Waals surface area contributed by atoms with Crippen molar-refractivity contribution in [1.82, 2.24) is 50.1 Å². The van der Waals surface area contributed by atoms with Crippen LogP contribution in [0.4, 0.5) is 11.6 Å². The van der Waals surface area contributed by atoms with E-state index in [4.69, 9.17) is 9.62 Å². The highest BCUT2D eigenvalue weighted by molar-refractivity contribution is 7.13. The minimum atomic E-state index is -0.796. The van der Waals surface area contributed by atoms with E-state index < -0.39 is 18.1 Å². The van der Waals surface area contributed by atoms with Crippen LogP contribution < -0.4 is 15.5 Å². The molecule has 8 heterocycles. The molecule has 10 rings (SSSR count). The van der Waals surface area contributed by atoms with E-state index in [9.17, 15) is 19.8 Å². The number of carbonyl (C=O) groups is 2. The van der Waals surface area contributed by atoms with Gasteiger partial charge in [0.15, 0.2) is 22.9 Å². The summed E-state index contributed by atoms with van der Waals surface area (Å²) in [5.74, 6) is 2.24. The third kappa shape index (κ3) is 11.3. The van der Waals surface area contributed by atoms with E-state index in [1.165, 1.54) is 12.8 Å². The standard InChI is InChI=1S/C56H74N12O5S/c1-34(2)51(56(72)67-32-43(69)27-47(67)55(71)59-36(5)40-11-13-41(14-12-40)53-37(6)57-33-74-53)49-29-50(63-73-49)66-25-17-39(18-26-66)31-64-21-15-38(16-22-64)30-65-23-19-42(20-24-65)68-46-28-45(44-9-7-8-10-48(44)70)60-61-52(46)54(62-68)58-35(3)4/h7-14,28-29,33-36,38-39,42-43,47,51,69-70H,15-27,30-32H2,1-6H3,(H,58,62)(H,59,71)/t36-,43+,47-,51?/m0/s1. The molecule has 2 amide bonds. The molecule has 0 bridgehead atoms. The number of hydrogen-bond acceptors (Lipinski definition) is 15. The van der Waals surface area contributed by atoms with Crippen LogP contribution in [-0.4, -0.2) is 144 Å². The molecule has 74 heavy (non-hydrogen) atoms. The number of aliphatic hydroxyl groups excluding tert-OH is 1. The third-order valence-electron chi connectivity index (χ3n) is 16.0. The van der Waals surface area contributed by atoms with Crippen LogP contribution in [0.15, 0.2) is 70.7 Å². The number of nitrogens with one attached hydrogen (secondary N) is 2. The molecule has 17 nitrogen and oxygen atoms in total. The first-order valence-corrected chi connectivity index (χ1v) is 27.9. The normalized spacial score (nSPS) is 20.8. The number of nitrogens with zero attached hydrogens (tertiary/aromatic N) is 10. The van der Waals surface area contributed by atoms with Gasteiger partial charge in [-0.1, -0.05) is 55.4 Å². The summed E-state index contributed by atoms with van der Waals surface area (Å²) in [5.41, 5.74) is 7.88. The van der Waals surface area contributed by atoms with Crippen molar-refractivity contribution >= 4 is 45.8 Å². The second-order valence-electron chi connectivity index (χ2n) is 22.1. The molecule has 4 aliphatic rings. The predicted octanol–water partition coefficient (Wildman–Crippen LogP) is 8.28. The maximum atomic E-state index is 14.4. The van der Waals surface area contributed by atoms with Gasteiger partial charge in [0.05, 0.1) is 45.5 Å². The number of phenolic OH excluding ortho intramolecular Hbond substituents is 1. The molecule has 0 spiro atoms. The third-order valence-corrected chi connectivity index (χ3v) is 17.0. The fourth-order valence-electron chi connectivity index (χ4n) is 11.9. The van der Waals surface area contributed by atoms with Crippen molar-refractivity contribution in [3.63, 3.8) is 0 Å². The Kier molecular flexibility index (Phi) is 15.7. The van der Waals surface area contributed by atoms with E-state index in [0.29, 0.717) is 28.9 Å². The Morgan fingerprint density at radius 3 is 2.18 bits per heavy atom. The lowest BCUT2D eigenvalue weighted by molar-refractivity contribution is -0.141. The van der Waals surface area contributed by atoms with E-state index in [-0.39, 0.29) is 54.6 Å². The molecule has 0 aliphatic carbocycles. The molecular formula is C56H74N12O5S. The van der Waals surface area contributed by atoms with Crippen LogP contribution in [0.25, 0.3) is 32.7 Å². The lowest BCUT2D eigenvalue weighted by atomic mass is 9.91. The van der Waals surface area contributed by atoms with E-state index in [1.807, 2.05) is 87.8 Å². The summed E-state index contributed by atoms with van der Waals surface area (Å²) in [6.07, 6.45) is 6.02. The SMILES string of the molecule is Cc1ncsc1-c1ccc([C@H](C)NC(=O)[C@@H]2C[C@@H](O)CN2C(=O)C(c2cc(N3CCC(CN4CCC(CN5CCC(n6nc(NC(C)C)c7nnc(-c8ccccc8O)cc76)CC5)CC4)CC3)no2)C(C)C)cc1. The predicted molar refractivity (Wildman–Crippen MR) is 289 cm³/mol. The molecule has 1 unspecified atom stereocenters. The van der Waals surface area contributed by atoms with E-state index in [1.54, 1.807) is 22.3 Å². The number of phenols is 1. The van der Waals surface area contributed by atoms with Crippen LogP contribution in [-0.2, 0) is 9.59 Å². The number of carbonyl (C=O) groups excluding carboxylic acids is 2. The van der Waals surface area contributed by atoms with Gasteiger partial charge in [-0.05, 0) is 126 Å². The number of rotatable bonds is 16. The number of amides is 2. The summed E-state index contributed by atoms with van der Waals surface area (Å²) in [6, 6.07) is 18.7. The number of anilines is 2. The van der Waals surface area contributed by atoms with Crippen LogP contribution in [0.1, 0.15) is 115 Å². The zero-order valence-electron chi connectivity index (χ0n) is 43.9. The molecule has 4 aliphatic heterocycles. The molecule has 4 aromatic heterocycles. The molecule has 18 heteroatoms. The maximum absolute atomic E-state index is 14.4. The zero-order chi connectivity index (χ0) is 51.6. The Hall–Kier alpha value is -5.95. The van der Waals surface area contributed by atoms with Gasteiger partial charge >= 0.3 is 0 Å². The van der Waals surface area contributed by atoms with Crippen molar-refractivity contribution in [2.45, 2.75) is 123 Å². The maximum Gasteiger partial charge on any atom is 0.243 e. The number of β-amino-alcohol motifs (C(OH)–C–C–N with tert-alkyl or cyclic N) is 1. The summed E-state index contributed by atoms with van der Waals surface area (Å²) in [7, 11) is 0. The summed E-state index contributed by atoms with van der Waals surface area (Å²) < 4.78 is 8.12. The average molecular weight is 1030 g/mol. The van der Waals surface area contributed by atoms with Crippen LogP contribution in [0.2, 0.25) is 0 Å². The van der Waals surface area contributed by atoms with Gasteiger partial charge in [0.2, 0.25) is 11.8 Å². The first kappa shape index (κ1) is 51.5. The van der Waals surface area contributed by atoms with Gasteiger partial charge in [-0.25, -0.2) is 4.98 Å². The number of aromatic nitrogens is 6. The fraction of sp³-hybridized carbons (Fsp3) is 0.554. The second kappa shape index (κ2) is 22.5. The van der Waals surface area contributed by atoms with Crippen molar-refractivity contribution in [2.24, 2.45) is 17.8 Å². The average Bonchev–Trinajstić information content (AvgIpc) is 4.22. The number of piperidine rings is 3. The molecule has 394 valence electrons. The van der Waals surface area contributed by atoms with Crippen molar-refractivity contribution in [3.05, 3.63) is 83.2 Å². The number of thiazole rings is 1. The second-order valence-corrected chi connectivity index (χ2v) is 23.0. The molecule has 0 radical (unpaired) electrons. The monoisotopic (exact) mass is 1030 g/mol. The number of para-hydroxylation sites is 1. The molecule has 4 N–H and O–H groups in total. The molecular weight excluding hydrogens is 953 g/mol. The van der Waals surface area contributed by atoms with Crippen molar-refractivity contribution in [3.8, 4) is 27.4 Å². The Labute approximate surface area is 438 Å². The molecule has 4 atom stereocenters.